The van der Waals surface area contributed by atoms with Crippen LogP contribution in [0.2, 0.25) is 0 Å². The topological polar surface area (TPSA) is 74.2 Å². The fourth-order valence-corrected chi connectivity index (χ4v) is 2.19. The van der Waals surface area contributed by atoms with Crippen molar-refractivity contribution < 1.29 is 9.26 Å². The fraction of sp³-hybridized carbons (Fsp3) is 0.846. The van der Waals surface area contributed by atoms with E-state index >= 15 is 0 Å². The highest BCUT2D eigenvalue weighted by atomic mass is 16.5. The number of ether oxygens (including phenoxy) is 1. The van der Waals surface area contributed by atoms with E-state index in [9.17, 15) is 0 Å². The molecular formula is C13H23N3O2. The molecule has 2 heterocycles. The second-order valence-electron chi connectivity index (χ2n) is 5.40. The monoisotopic (exact) mass is 253 g/mol. The summed E-state index contributed by atoms with van der Waals surface area (Å²) in [6, 6.07) is -0.191. The molecule has 102 valence electrons. The molecule has 1 aliphatic heterocycles. The summed E-state index contributed by atoms with van der Waals surface area (Å²) in [5.41, 5.74) is 5.69. The summed E-state index contributed by atoms with van der Waals surface area (Å²) in [5, 5.41) is 4.06. The molecule has 0 bridgehead atoms. The second kappa shape index (κ2) is 5.36. The molecular weight excluding hydrogens is 230 g/mol. The summed E-state index contributed by atoms with van der Waals surface area (Å²) < 4.78 is 11.1. The van der Waals surface area contributed by atoms with Crippen molar-refractivity contribution in [3.05, 3.63) is 11.7 Å². The molecule has 0 amide bonds. The van der Waals surface area contributed by atoms with Crippen molar-refractivity contribution in [2.75, 3.05) is 6.61 Å². The summed E-state index contributed by atoms with van der Waals surface area (Å²) in [4.78, 5) is 4.45. The minimum absolute atomic E-state index is 0.191. The molecule has 5 nitrogen and oxygen atoms in total. The highest BCUT2D eigenvalue weighted by Gasteiger charge is 2.35. The van der Waals surface area contributed by atoms with E-state index in [2.05, 4.69) is 24.0 Å². The molecule has 2 N–H and O–H groups in total. The molecule has 0 aromatic carbocycles. The van der Waals surface area contributed by atoms with Crippen LogP contribution < -0.4 is 5.73 Å². The Labute approximate surface area is 108 Å². The van der Waals surface area contributed by atoms with Crippen LogP contribution in [0.5, 0.6) is 0 Å². The van der Waals surface area contributed by atoms with Crippen LogP contribution >= 0.6 is 0 Å². The summed E-state index contributed by atoms with van der Waals surface area (Å²) in [6.07, 6.45) is 4.17. The van der Waals surface area contributed by atoms with Gasteiger partial charge in [0.05, 0.1) is 6.04 Å². The Bertz CT molecular complexity index is 385. The third-order valence-corrected chi connectivity index (χ3v) is 3.93. The number of hydrogen-bond acceptors (Lipinski definition) is 5. The SMILES string of the molecule is CCC(C)[C@H](N)c1nc(C2(C)CCCCO2)no1. The number of aromatic nitrogens is 2. The molecule has 18 heavy (non-hydrogen) atoms. The minimum atomic E-state index is -0.408. The van der Waals surface area contributed by atoms with Crippen molar-refractivity contribution >= 4 is 0 Å². The molecule has 1 aromatic heterocycles. The Morgan fingerprint density at radius 3 is 2.83 bits per heavy atom. The lowest BCUT2D eigenvalue weighted by atomic mass is 9.95. The first-order valence-electron chi connectivity index (χ1n) is 6.80. The Balaban J connectivity index is 2.14. The van der Waals surface area contributed by atoms with Gasteiger partial charge < -0.3 is 15.0 Å². The maximum Gasteiger partial charge on any atom is 0.243 e. The molecule has 1 saturated heterocycles. The third kappa shape index (κ3) is 2.57. The quantitative estimate of drug-likeness (QED) is 0.892. The molecule has 2 rings (SSSR count). The predicted molar refractivity (Wildman–Crippen MR) is 67.8 cm³/mol. The highest BCUT2D eigenvalue weighted by molar-refractivity contribution is 5.03. The first kappa shape index (κ1) is 13.5. The van der Waals surface area contributed by atoms with Gasteiger partial charge in [0.25, 0.3) is 0 Å². The van der Waals surface area contributed by atoms with E-state index in [1.807, 2.05) is 6.92 Å². The van der Waals surface area contributed by atoms with E-state index in [0.717, 1.165) is 32.3 Å². The lowest BCUT2D eigenvalue weighted by Gasteiger charge is -2.30. The molecule has 1 aromatic rings. The van der Waals surface area contributed by atoms with Crippen molar-refractivity contribution in [1.82, 2.24) is 10.1 Å². The molecule has 1 aliphatic rings. The van der Waals surface area contributed by atoms with Crippen LogP contribution in [0.1, 0.15) is 64.2 Å². The summed E-state index contributed by atoms with van der Waals surface area (Å²) in [5.74, 6) is 1.49. The summed E-state index contributed by atoms with van der Waals surface area (Å²) >= 11 is 0. The van der Waals surface area contributed by atoms with E-state index in [0.29, 0.717) is 17.6 Å². The average molecular weight is 253 g/mol. The van der Waals surface area contributed by atoms with Crippen LogP contribution in [0.3, 0.4) is 0 Å². The molecule has 3 atom stereocenters. The number of rotatable bonds is 4. The Hall–Kier alpha value is -0.940. The number of nitrogens with zero attached hydrogens (tertiary/aromatic N) is 2. The van der Waals surface area contributed by atoms with Crippen LogP contribution in [-0.4, -0.2) is 16.7 Å². The third-order valence-electron chi connectivity index (χ3n) is 3.93. The van der Waals surface area contributed by atoms with Gasteiger partial charge >= 0.3 is 0 Å². The summed E-state index contributed by atoms with van der Waals surface area (Å²) in [6.45, 7) is 6.98. The van der Waals surface area contributed by atoms with Gasteiger partial charge in [0.1, 0.15) is 5.60 Å². The van der Waals surface area contributed by atoms with Crippen molar-refractivity contribution in [1.29, 1.82) is 0 Å². The average Bonchev–Trinajstić information content (AvgIpc) is 2.88. The predicted octanol–water partition coefficient (Wildman–Crippen LogP) is 2.53. The van der Waals surface area contributed by atoms with Crippen LogP contribution in [0.15, 0.2) is 4.52 Å². The smallest absolute Gasteiger partial charge is 0.243 e. The molecule has 1 fully saturated rings. The Morgan fingerprint density at radius 1 is 1.44 bits per heavy atom. The largest absolute Gasteiger partial charge is 0.367 e. The molecule has 5 heteroatoms. The van der Waals surface area contributed by atoms with E-state index < -0.39 is 5.60 Å². The fourth-order valence-electron chi connectivity index (χ4n) is 2.19. The first-order chi connectivity index (χ1) is 8.57. The maximum absolute atomic E-state index is 6.10. The molecule has 0 spiro atoms. The molecule has 0 saturated carbocycles. The van der Waals surface area contributed by atoms with Gasteiger partial charge in [-0.2, -0.15) is 4.98 Å². The van der Waals surface area contributed by atoms with Gasteiger partial charge in [-0.05, 0) is 32.1 Å². The standard InChI is InChI=1S/C13H23N3O2/c1-4-9(2)10(14)11-15-12(16-18-11)13(3)7-5-6-8-17-13/h9-10H,4-8,14H2,1-3H3/t9?,10-,13?/m0/s1. The van der Waals surface area contributed by atoms with E-state index in [1.54, 1.807) is 0 Å². The van der Waals surface area contributed by atoms with Gasteiger partial charge in [-0.3, -0.25) is 0 Å². The van der Waals surface area contributed by atoms with Gasteiger partial charge in [0.2, 0.25) is 11.7 Å². The first-order valence-corrected chi connectivity index (χ1v) is 6.80. The van der Waals surface area contributed by atoms with Gasteiger partial charge in [-0.1, -0.05) is 25.4 Å². The number of hydrogen-bond donors (Lipinski definition) is 1. The highest BCUT2D eigenvalue weighted by Crippen LogP contribution is 2.33. The normalized spacial score (nSPS) is 28.0. The van der Waals surface area contributed by atoms with Crippen LogP contribution in [-0.2, 0) is 10.3 Å². The zero-order chi connectivity index (χ0) is 13.2. The lowest BCUT2D eigenvalue weighted by Crippen LogP contribution is -2.31. The van der Waals surface area contributed by atoms with Gasteiger partial charge in [-0.15, -0.1) is 0 Å². The second-order valence-corrected chi connectivity index (χ2v) is 5.40. The van der Waals surface area contributed by atoms with Gasteiger partial charge in [0.15, 0.2) is 0 Å². The van der Waals surface area contributed by atoms with E-state index in [4.69, 9.17) is 15.0 Å². The van der Waals surface area contributed by atoms with Gasteiger partial charge in [0, 0.05) is 6.61 Å². The minimum Gasteiger partial charge on any atom is -0.367 e. The maximum atomic E-state index is 6.10. The number of nitrogens with two attached hydrogens (primary N) is 1. The van der Waals surface area contributed by atoms with Gasteiger partial charge in [-0.25, -0.2) is 0 Å². The van der Waals surface area contributed by atoms with Crippen molar-refractivity contribution in [3.8, 4) is 0 Å². The summed E-state index contributed by atoms with van der Waals surface area (Å²) in [7, 11) is 0. The Morgan fingerprint density at radius 2 is 2.22 bits per heavy atom. The molecule has 0 radical (unpaired) electrons. The van der Waals surface area contributed by atoms with Crippen molar-refractivity contribution in [2.24, 2.45) is 11.7 Å². The Kier molecular flexibility index (Phi) is 4.02. The van der Waals surface area contributed by atoms with E-state index in [-0.39, 0.29) is 6.04 Å². The zero-order valence-electron chi connectivity index (χ0n) is 11.5. The van der Waals surface area contributed by atoms with Crippen LogP contribution in [0.25, 0.3) is 0 Å². The lowest BCUT2D eigenvalue weighted by molar-refractivity contribution is -0.0770. The molecule has 2 unspecified atom stereocenters. The molecule has 0 aliphatic carbocycles. The zero-order valence-corrected chi connectivity index (χ0v) is 11.5. The van der Waals surface area contributed by atoms with Crippen molar-refractivity contribution in [3.63, 3.8) is 0 Å². The van der Waals surface area contributed by atoms with Crippen LogP contribution in [0.4, 0.5) is 0 Å². The van der Waals surface area contributed by atoms with Crippen molar-refractivity contribution in [2.45, 2.75) is 58.1 Å². The van der Waals surface area contributed by atoms with E-state index in [1.165, 1.54) is 0 Å². The van der Waals surface area contributed by atoms with Crippen LogP contribution in [0, 0.1) is 5.92 Å².